The molecule has 3 nitrogen and oxygen atoms in total. The second kappa shape index (κ2) is 4.96. The Labute approximate surface area is 104 Å². The summed E-state index contributed by atoms with van der Waals surface area (Å²) in [6.07, 6.45) is 0. The van der Waals surface area contributed by atoms with Gasteiger partial charge in [-0.15, -0.1) is 0 Å². The minimum Gasteiger partial charge on any atom is -0.507 e. The standard InChI is InChI=1S/C14H23NO2/c1-9(8-15)11-6-10(17-5)7-12(13(11)16)14(2,3)4/h6-7,9,16H,8,15H2,1-5H3. The molecule has 17 heavy (non-hydrogen) atoms. The van der Waals surface area contributed by atoms with E-state index in [9.17, 15) is 5.11 Å². The van der Waals surface area contributed by atoms with Gasteiger partial charge in [0.05, 0.1) is 7.11 Å². The molecule has 1 unspecified atom stereocenters. The fourth-order valence-corrected chi connectivity index (χ4v) is 1.82. The molecule has 96 valence electrons. The lowest BCUT2D eigenvalue weighted by molar-refractivity contribution is 0.401. The molecule has 1 rings (SSSR count). The van der Waals surface area contributed by atoms with Gasteiger partial charge in [0.2, 0.25) is 0 Å². The lowest BCUT2D eigenvalue weighted by atomic mass is 9.83. The second-order valence-electron chi connectivity index (χ2n) is 5.50. The molecule has 0 saturated heterocycles. The van der Waals surface area contributed by atoms with E-state index >= 15 is 0 Å². The molecular formula is C14H23NO2. The SMILES string of the molecule is COc1cc(C(C)CN)c(O)c(C(C)(C)C)c1. The van der Waals surface area contributed by atoms with Crippen molar-refractivity contribution in [1.29, 1.82) is 0 Å². The molecule has 0 spiro atoms. The summed E-state index contributed by atoms with van der Waals surface area (Å²) in [6.45, 7) is 8.71. The van der Waals surface area contributed by atoms with Crippen molar-refractivity contribution in [1.82, 2.24) is 0 Å². The van der Waals surface area contributed by atoms with Crippen LogP contribution < -0.4 is 10.5 Å². The van der Waals surface area contributed by atoms with Crippen LogP contribution in [0.5, 0.6) is 11.5 Å². The van der Waals surface area contributed by atoms with E-state index in [1.54, 1.807) is 7.11 Å². The number of hydrogen-bond donors (Lipinski definition) is 2. The number of methoxy groups -OCH3 is 1. The summed E-state index contributed by atoms with van der Waals surface area (Å²) < 4.78 is 5.29. The maximum Gasteiger partial charge on any atom is 0.123 e. The lowest BCUT2D eigenvalue weighted by Crippen LogP contribution is -2.15. The van der Waals surface area contributed by atoms with E-state index in [1.165, 1.54) is 0 Å². The zero-order chi connectivity index (χ0) is 13.2. The monoisotopic (exact) mass is 237 g/mol. The molecule has 1 aromatic rings. The van der Waals surface area contributed by atoms with Gasteiger partial charge in [-0.2, -0.15) is 0 Å². The average Bonchev–Trinajstić information content (AvgIpc) is 2.26. The van der Waals surface area contributed by atoms with Crippen molar-refractivity contribution in [3.8, 4) is 11.5 Å². The molecule has 0 fully saturated rings. The van der Waals surface area contributed by atoms with E-state index in [-0.39, 0.29) is 11.3 Å². The van der Waals surface area contributed by atoms with Crippen LogP contribution in [-0.4, -0.2) is 18.8 Å². The number of ether oxygens (including phenoxy) is 1. The van der Waals surface area contributed by atoms with Crippen molar-refractivity contribution in [2.75, 3.05) is 13.7 Å². The third-order valence-corrected chi connectivity index (χ3v) is 3.04. The zero-order valence-electron chi connectivity index (χ0n) is 11.4. The molecule has 0 saturated carbocycles. The number of benzene rings is 1. The number of nitrogens with two attached hydrogens (primary N) is 1. The molecule has 0 heterocycles. The summed E-state index contributed by atoms with van der Waals surface area (Å²) in [6, 6.07) is 3.75. The highest BCUT2D eigenvalue weighted by molar-refractivity contribution is 5.50. The van der Waals surface area contributed by atoms with Crippen LogP contribution >= 0.6 is 0 Å². The van der Waals surface area contributed by atoms with Gasteiger partial charge in [0.25, 0.3) is 0 Å². The van der Waals surface area contributed by atoms with Crippen molar-refractivity contribution < 1.29 is 9.84 Å². The van der Waals surface area contributed by atoms with E-state index in [4.69, 9.17) is 10.5 Å². The van der Waals surface area contributed by atoms with Gasteiger partial charge in [-0.3, -0.25) is 0 Å². The number of phenolic OH excluding ortho intramolecular Hbond substituents is 1. The molecule has 0 aromatic heterocycles. The summed E-state index contributed by atoms with van der Waals surface area (Å²) >= 11 is 0. The maximum absolute atomic E-state index is 10.3. The molecule has 0 aliphatic heterocycles. The molecule has 0 radical (unpaired) electrons. The average molecular weight is 237 g/mol. The van der Waals surface area contributed by atoms with Crippen LogP contribution in [0.1, 0.15) is 44.7 Å². The largest absolute Gasteiger partial charge is 0.507 e. The van der Waals surface area contributed by atoms with Gasteiger partial charge in [-0.1, -0.05) is 27.7 Å². The Hall–Kier alpha value is -1.22. The second-order valence-corrected chi connectivity index (χ2v) is 5.50. The Kier molecular flexibility index (Phi) is 4.04. The van der Waals surface area contributed by atoms with Crippen molar-refractivity contribution in [3.63, 3.8) is 0 Å². The van der Waals surface area contributed by atoms with Gasteiger partial charge in [-0.25, -0.2) is 0 Å². The summed E-state index contributed by atoms with van der Waals surface area (Å²) in [7, 11) is 1.63. The van der Waals surface area contributed by atoms with Gasteiger partial charge in [0, 0.05) is 11.1 Å². The Morgan fingerprint density at radius 2 is 1.94 bits per heavy atom. The third kappa shape index (κ3) is 2.91. The van der Waals surface area contributed by atoms with Gasteiger partial charge in [0.15, 0.2) is 0 Å². The Morgan fingerprint density at radius 1 is 1.35 bits per heavy atom. The first-order valence-electron chi connectivity index (χ1n) is 5.92. The highest BCUT2D eigenvalue weighted by Crippen LogP contribution is 2.39. The van der Waals surface area contributed by atoms with E-state index in [1.807, 2.05) is 19.1 Å². The van der Waals surface area contributed by atoms with Crippen LogP contribution in [0.2, 0.25) is 0 Å². The van der Waals surface area contributed by atoms with E-state index in [2.05, 4.69) is 20.8 Å². The highest BCUT2D eigenvalue weighted by Gasteiger charge is 2.23. The molecule has 0 amide bonds. The Balaban J connectivity index is 3.41. The maximum atomic E-state index is 10.3. The van der Waals surface area contributed by atoms with Crippen LogP contribution in [0.3, 0.4) is 0 Å². The zero-order valence-corrected chi connectivity index (χ0v) is 11.4. The number of phenols is 1. The summed E-state index contributed by atoms with van der Waals surface area (Å²) in [5.74, 6) is 1.23. The molecule has 0 bridgehead atoms. The lowest BCUT2D eigenvalue weighted by Gasteiger charge is -2.24. The van der Waals surface area contributed by atoms with Crippen molar-refractivity contribution in [2.45, 2.75) is 39.0 Å². The molecule has 1 aromatic carbocycles. The van der Waals surface area contributed by atoms with Crippen LogP contribution in [-0.2, 0) is 5.41 Å². The van der Waals surface area contributed by atoms with Crippen molar-refractivity contribution >= 4 is 0 Å². The smallest absolute Gasteiger partial charge is 0.123 e. The predicted octanol–water partition coefficient (Wildman–Crippen LogP) is 2.76. The first kappa shape index (κ1) is 13.8. The molecule has 3 N–H and O–H groups in total. The minimum absolute atomic E-state index is 0.117. The highest BCUT2D eigenvalue weighted by atomic mass is 16.5. The minimum atomic E-state index is -0.123. The van der Waals surface area contributed by atoms with Gasteiger partial charge in [0.1, 0.15) is 11.5 Å². The van der Waals surface area contributed by atoms with Crippen molar-refractivity contribution in [3.05, 3.63) is 23.3 Å². The van der Waals surface area contributed by atoms with Crippen LogP contribution in [0, 0.1) is 0 Å². The Morgan fingerprint density at radius 3 is 2.35 bits per heavy atom. The van der Waals surface area contributed by atoms with Crippen LogP contribution in [0.25, 0.3) is 0 Å². The first-order chi connectivity index (χ1) is 7.81. The summed E-state index contributed by atoms with van der Waals surface area (Å²) in [5.41, 5.74) is 7.30. The van der Waals surface area contributed by atoms with Crippen LogP contribution in [0.15, 0.2) is 12.1 Å². The summed E-state index contributed by atoms with van der Waals surface area (Å²) in [5, 5.41) is 10.3. The number of hydrogen-bond acceptors (Lipinski definition) is 3. The fraction of sp³-hybridized carbons (Fsp3) is 0.571. The van der Waals surface area contributed by atoms with E-state index in [0.717, 1.165) is 16.9 Å². The molecular weight excluding hydrogens is 214 g/mol. The Bertz CT molecular complexity index is 394. The molecule has 1 atom stereocenters. The predicted molar refractivity (Wildman–Crippen MR) is 70.8 cm³/mol. The molecule has 3 heteroatoms. The molecule has 0 aliphatic rings. The van der Waals surface area contributed by atoms with Gasteiger partial charge >= 0.3 is 0 Å². The van der Waals surface area contributed by atoms with Gasteiger partial charge in [-0.05, 0) is 30.0 Å². The van der Waals surface area contributed by atoms with Gasteiger partial charge < -0.3 is 15.6 Å². The third-order valence-electron chi connectivity index (χ3n) is 3.04. The first-order valence-corrected chi connectivity index (χ1v) is 5.92. The van der Waals surface area contributed by atoms with E-state index < -0.39 is 0 Å². The number of rotatable bonds is 3. The number of aromatic hydroxyl groups is 1. The van der Waals surface area contributed by atoms with E-state index in [0.29, 0.717) is 12.3 Å². The molecule has 0 aliphatic carbocycles. The quantitative estimate of drug-likeness (QED) is 0.850. The summed E-state index contributed by atoms with van der Waals surface area (Å²) in [4.78, 5) is 0. The normalized spacial score (nSPS) is 13.5. The topological polar surface area (TPSA) is 55.5 Å². The van der Waals surface area contributed by atoms with Crippen LogP contribution in [0.4, 0.5) is 0 Å². The van der Waals surface area contributed by atoms with Crippen molar-refractivity contribution in [2.24, 2.45) is 5.73 Å². The fourth-order valence-electron chi connectivity index (χ4n) is 1.82.